The molecule has 0 aromatic rings. The minimum atomic E-state index is -0.0680. The van der Waals surface area contributed by atoms with Crippen molar-refractivity contribution in [1.29, 1.82) is 0 Å². The van der Waals surface area contributed by atoms with Gasteiger partial charge in [0.2, 0.25) is 0 Å². The lowest BCUT2D eigenvalue weighted by Gasteiger charge is -2.08. The lowest BCUT2D eigenvalue weighted by atomic mass is 10.0. The summed E-state index contributed by atoms with van der Waals surface area (Å²) in [5.41, 5.74) is 0. The van der Waals surface area contributed by atoms with Crippen LogP contribution in [-0.4, -0.2) is 11.2 Å². The van der Waals surface area contributed by atoms with Crippen LogP contribution in [0.25, 0.3) is 0 Å². The smallest absolute Gasteiger partial charge is 0.0574 e. The topological polar surface area (TPSA) is 20.2 Å². The third kappa shape index (κ3) is 2.66. The van der Waals surface area contributed by atoms with E-state index in [1.807, 2.05) is 0 Å². The third-order valence-corrected chi connectivity index (χ3v) is 1.73. The van der Waals surface area contributed by atoms with Crippen molar-refractivity contribution in [3.05, 3.63) is 12.2 Å². The molecule has 1 aliphatic carbocycles. The molecule has 52 valence electrons. The van der Waals surface area contributed by atoms with Crippen LogP contribution >= 0.6 is 0 Å². The van der Waals surface area contributed by atoms with Gasteiger partial charge >= 0.3 is 0 Å². The van der Waals surface area contributed by atoms with E-state index < -0.39 is 0 Å². The predicted octanol–water partition coefficient (Wildman–Crippen LogP) is 1.87. The first-order chi connectivity index (χ1) is 4.39. The summed E-state index contributed by atoms with van der Waals surface area (Å²) in [7, 11) is 0. The van der Waals surface area contributed by atoms with E-state index in [0.29, 0.717) is 0 Å². The van der Waals surface area contributed by atoms with E-state index in [2.05, 4.69) is 12.2 Å². The highest BCUT2D eigenvalue weighted by atomic mass is 16.3. The van der Waals surface area contributed by atoms with E-state index in [1.165, 1.54) is 19.3 Å². The molecule has 1 N–H and O–H groups in total. The summed E-state index contributed by atoms with van der Waals surface area (Å²) in [6.07, 6.45) is 9.67. The summed E-state index contributed by atoms with van der Waals surface area (Å²) in [5.74, 6) is 0. The van der Waals surface area contributed by atoms with Crippen molar-refractivity contribution < 1.29 is 5.11 Å². The molecule has 0 spiro atoms. The molecule has 1 atom stereocenters. The maximum absolute atomic E-state index is 9.16. The summed E-state index contributed by atoms with van der Waals surface area (Å²) in [6.45, 7) is 0. The van der Waals surface area contributed by atoms with Crippen LogP contribution < -0.4 is 0 Å². The van der Waals surface area contributed by atoms with E-state index in [4.69, 9.17) is 5.11 Å². The molecule has 0 bridgehead atoms. The zero-order chi connectivity index (χ0) is 6.53. The van der Waals surface area contributed by atoms with Gasteiger partial charge in [-0.25, -0.2) is 0 Å². The van der Waals surface area contributed by atoms with Gasteiger partial charge in [0.1, 0.15) is 0 Å². The molecule has 1 aliphatic rings. The van der Waals surface area contributed by atoms with Gasteiger partial charge in [0.25, 0.3) is 0 Å². The molecule has 0 aromatic heterocycles. The van der Waals surface area contributed by atoms with E-state index >= 15 is 0 Å². The molecule has 1 heteroatoms. The Morgan fingerprint density at radius 2 is 2.11 bits per heavy atom. The molecule has 0 saturated heterocycles. The fourth-order valence-electron chi connectivity index (χ4n) is 1.13. The van der Waals surface area contributed by atoms with E-state index in [0.717, 1.165) is 12.8 Å². The summed E-state index contributed by atoms with van der Waals surface area (Å²) in [6, 6.07) is 0. The monoisotopic (exact) mass is 126 g/mol. The Labute approximate surface area is 56.4 Å². The van der Waals surface area contributed by atoms with Crippen molar-refractivity contribution in [2.45, 2.75) is 38.2 Å². The lowest BCUT2D eigenvalue weighted by molar-refractivity contribution is 0.163. The van der Waals surface area contributed by atoms with Crippen LogP contribution in [-0.2, 0) is 0 Å². The van der Waals surface area contributed by atoms with Gasteiger partial charge in [-0.05, 0) is 25.7 Å². The molecule has 0 heterocycles. The van der Waals surface area contributed by atoms with Gasteiger partial charge in [-0.3, -0.25) is 0 Å². The highest BCUT2D eigenvalue weighted by Gasteiger charge is 2.02. The Bertz CT molecular complexity index is 96.7. The molecule has 0 amide bonds. The first kappa shape index (κ1) is 6.81. The normalized spacial score (nSPS) is 32.8. The molecular formula is C8H14O. The Hall–Kier alpha value is -0.300. The van der Waals surface area contributed by atoms with E-state index in [1.54, 1.807) is 0 Å². The predicted molar refractivity (Wildman–Crippen MR) is 38.2 cm³/mol. The van der Waals surface area contributed by atoms with Crippen molar-refractivity contribution >= 4 is 0 Å². The maximum Gasteiger partial charge on any atom is 0.0574 e. The Morgan fingerprint density at radius 3 is 3.00 bits per heavy atom. The maximum atomic E-state index is 9.16. The van der Waals surface area contributed by atoms with Crippen LogP contribution in [0.5, 0.6) is 0 Å². The van der Waals surface area contributed by atoms with Crippen molar-refractivity contribution in [3.63, 3.8) is 0 Å². The van der Waals surface area contributed by atoms with Gasteiger partial charge in [0, 0.05) is 0 Å². The van der Waals surface area contributed by atoms with Crippen molar-refractivity contribution in [2.75, 3.05) is 0 Å². The zero-order valence-corrected chi connectivity index (χ0v) is 5.71. The number of aliphatic hydroxyl groups is 1. The van der Waals surface area contributed by atoms with E-state index in [9.17, 15) is 0 Å². The Morgan fingerprint density at radius 1 is 1.22 bits per heavy atom. The fraction of sp³-hybridized carbons (Fsp3) is 0.750. The van der Waals surface area contributed by atoms with Crippen LogP contribution in [0.4, 0.5) is 0 Å². The number of hydrogen-bond donors (Lipinski definition) is 1. The first-order valence-corrected chi connectivity index (χ1v) is 3.72. The van der Waals surface area contributed by atoms with Gasteiger partial charge < -0.3 is 5.11 Å². The molecule has 0 aromatic carbocycles. The molecule has 0 radical (unpaired) electrons. The number of hydrogen-bond acceptors (Lipinski definition) is 1. The second kappa shape index (κ2) is 3.67. The summed E-state index contributed by atoms with van der Waals surface area (Å²) in [5, 5.41) is 9.16. The van der Waals surface area contributed by atoms with Gasteiger partial charge in [-0.2, -0.15) is 0 Å². The quantitative estimate of drug-likeness (QED) is 0.491. The average Bonchev–Trinajstić information content (AvgIpc) is 1.79. The minimum absolute atomic E-state index is 0.0680. The van der Waals surface area contributed by atoms with Crippen LogP contribution in [0.1, 0.15) is 32.1 Å². The summed E-state index contributed by atoms with van der Waals surface area (Å²) < 4.78 is 0. The molecule has 0 fully saturated rings. The third-order valence-electron chi connectivity index (χ3n) is 1.73. The highest BCUT2D eigenvalue weighted by Crippen LogP contribution is 2.10. The lowest BCUT2D eigenvalue weighted by Crippen LogP contribution is -2.05. The number of aliphatic hydroxyl groups excluding tert-OH is 1. The van der Waals surface area contributed by atoms with Crippen LogP contribution in [0, 0.1) is 0 Å². The second-order valence-electron chi connectivity index (χ2n) is 2.65. The minimum Gasteiger partial charge on any atom is -0.393 e. The second-order valence-corrected chi connectivity index (χ2v) is 2.65. The van der Waals surface area contributed by atoms with Crippen molar-refractivity contribution in [3.8, 4) is 0 Å². The molecular weight excluding hydrogens is 112 g/mol. The fourth-order valence-corrected chi connectivity index (χ4v) is 1.13. The van der Waals surface area contributed by atoms with Gasteiger partial charge in [-0.15, -0.1) is 0 Å². The van der Waals surface area contributed by atoms with Crippen LogP contribution in [0.15, 0.2) is 12.2 Å². The van der Waals surface area contributed by atoms with Crippen molar-refractivity contribution in [2.24, 2.45) is 0 Å². The van der Waals surface area contributed by atoms with Crippen molar-refractivity contribution in [1.82, 2.24) is 0 Å². The molecule has 0 unspecified atom stereocenters. The number of rotatable bonds is 0. The Kier molecular flexibility index (Phi) is 2.78. The molecule has 0 aliphatic heterocycles. The Balaban J connectivity index is 2.28. The van der Waals surface area contributed by atoms with Gasteiger partial charge in [0.15, 0.2) is 0 Å². The van der Waals surface area contributed by atoms with Crippen LogP contribution in [0.2, 0.25) is 0 Å². The average molecular weight is 126 g/mol. The SMILES string of the molecule is O[C@@H]1C/C=C\CCCC1. The van der Waals surface area contributed by atoms with Crippen LogP contribution in [0.3, 0.4) is 0 Å². The standard InChI is InChI=1S/C8H14O/c9-8-6-4-2-1-3-5-7-8/h2,4,8-9H,1,3,5-7H2/b4-2-/t8-/m1/s1. The first-order valence-electron chi connectivity index (χ1n) is 3.72. The van der Waals surface area contributed by atoms with Gasteiger partial charge in [0.05, 0.1) is 6.10 Å². The molecule has 9 heavy (non-hydrogen) atoms. The number of allylic oxidation sites excluding steroid dienone is 1. The van der Waals surface area contributed by atoms with E-state index in [-0.39, 0.29) is 6.10 Å². The highest BCUT2D eigenvalue weighted by molar-refractivity contribution is 4.85. The molecule has 1 rings (SSSR count). The molecule has 1 nitrogen and oxygen atoms in total. The largest absolute Gasteiger partial charge is 0.393 e. The van der Waals surface area contributed by atoms with Gasteiger partial charge in [-0.1, -0.05) is 18.6 Å². The molecule has 0 saturated carbocycles. The summed E-state index contributed by atoms with van der Waals surface area (Å²) in [4.78, 5) is 0. The zero-order valence-electron chi connectivity index (χ0n) is 5.71. The summed E-state index contributed by atoms with van der Waals surface area (Å²) >= 11 is 0.